The van der Waals surface area contributed by atoms with E-state index in [9.17, 15) is 14.4 Å². The van der Waals surface area contributed by atoms with Crippen molar-refractivity contribution >= 4 is 22.9 Å². The molecule has 0 aliphatic carbocycles. The molecule has 4 rings (SSSR count). The number of rotatable bonds is 5. The summed E-state index contributed by atoms with van der Waals surface area (Å²) in [6.07, 6.45) is 0.466. The summed E-state index contributed by atoms with van der Waals surface area (Å²) in [6, 6.07) is 21.3. The second-order valence-corrected chi connectivity index (χ2v) is 7.27. The molecule has 3 aromatic carbocycles. The highest BCUT2D eigenvalue weighted by Crippen LogP contribution is 2.31. The van der Waals surface area contributed by atoms with Gasteiger partial charge < -0.3 is 13.9 Å². The Balaban J connectivity index is 1.80. The highest BCUT2D eigenvalue weighted by molar-refractivity contribution is 5.87. The van der Waals surface area contributed by atoms with Crippen LogP contribution in [0, 0.1) is 0 Å². The molecule has 0 amide bonds. The molecule has 6 nitrogen and oxygen atoms in total. The van der Waals surface area contributed by atoms with Gasteiger partial charge >= 0.3 is 17.6 Å². The van der Waals surface area contributed by atoms with Crippen molar-refractivity contribution in [3.8, 4) is 22.6 Å². The molecule has 0 aliphatic heterocycles. The number of ether oxygens (including phenoxy) is 2. The monoisotopic (exact) mass is 428 g/mol. The first kappa shape index (κ1) is 21.1. The predicted molar refractivity (Wildman–Crippen MR) is 120 cm³/mol. The van der Waals surface area contributed by atoms with Crippen molar-refractivity contribution < 1.29 is 23.5 Å². The third-order valence-corrected chi connectivity index (χ3v) is 4.89. The lowest BCUT2D eigenvalue weighted by molar-refractivity contribution is -0.132. The van der Waals surface area contributed by atoms with E-state index in [-0.39, 0.29) is 5.97 Å². The first-order valence-electron chi connectivity index (χ1n) is 10.0. The Morgan fingerprint density at radius 1 is 0.781 bits per heavy atom. The van der Waals surface area contributed by atoms with Gasteiger partial charge in [0.25, 0.3) is 0 Å². The summed E-state index contributed by atoms with van der Waals surface area (Å²) in [4.78, 5) is 35.3. The molecule has 0 saturated carbocycles. The third kappa shape index (κ3) is 4.59. The van der Waals surface area contributed by atoms with E-state index in [1.807, 2.05) is 30.3 Å². The Morgan fingerprint density at radius 3 is 1.94 bits per heavy atom. The van der Waals surface area contributed by atoms with Gasteiger partial charge in [-0.15, -0.1) is 0 Å². The lowest BCUT2D eigenvalue weighted by Gasteiger charge is -2.13. The topological polar surface area (TPSA) is 82.8 Å². The Morgan fingerprint density at radius 2 is 1.34 bits per heavy atom. The van der Waals surface area contributed by atoms with Gasteiger partial charge in [-0.3, -0.25) is 9.59 Å². The Bertz CT molecular complexity index is 1350. The molecule has 0 unspecified atom stereocenters. The smallest absolute Gasteiger partial charge is 0.344 e. The van der Waals surface area contributed by atoms with E-state index < -0.39 is 11.6 Å². The van der Waals surface area contributed by atoms with E-state index in [0.29, 0.717) is 34.6 Å². The first-order chi connectivity index (χ1) is 15.4. The van der Waals surface area contributed by atoms with Gasteiger partial charge in [0, 0.05) is 19.2 Å². The van der Waals surface area contributed by atoms with Gasteiger partial charge in [0.05, 0.1) is 5.56 Å². The first-order valence-corrected chi connectivity index (χ1v) is 10.0. The van der Waals surface area contributed by atoms with Crippen LogP contribution in [0.3, 0.4) is 0 Å². The maximum Gasteiger partial charge on any atom is 0.344 e. The molecule has 0 atom stereocenters. The van der Waals surface area contributed by atoms with Gasteiger partial charge in [0.2, 0.25) is 0 Å². The third-order valence-electron chi connectivity index (χ3n) is 4.89. The lowest BCUT2D eigenvalue weighted by atomic mass is 9.93. The van der Waals surface area contributed by atoms with Crippen LogP contribution in [0.4, 0.5) is 0 Å². The molecule has 160 valence electrons. The van der Waals surface area contributed by atoms with E-state index in [1.165, 1.54) is 13.8 Å². The fraction of sp³-hybridized carbons (Fsp3) is 0.115. The minimum absolute atomic E-state index is 0.385. The number of fused-ring (bicyclic) bond motifs is 1. The summed E-state index contributed by atoms with van der Waals surface area (Å²) in [6.45, 7) is 2.68. The van der Waals surface area contributed by atoms with Crippen LogP contribution in [0.1, 0.15) is 25.0 Å². The highest BCUT2D eigenvalue weighted by Gasteiger charge is 2.17. The second-order valence-electron chi connectivity index (χ2n) is 7.27. The van der Waals surface area contributed by atoms with E-state index in [2.05, 4.69) is 0 Å². The fourth-order valence-electron chi connectivity index (χ4n) is 3.59. The van der Waals surface area contributed by atoms with Gasteiger partial charge in [0.1, 0.15) is 17.1 Å². The van der Waals surface area contributed by atoms with Crippen molar-refractivity contribution in [2.24, 2.45) is 0 Å². The normalized spacial score (nSPS) is 10.7. The average Bonchev–Trinajstić information content (AvgIpc) is 2.75. The van der Waals surface area contributed by atoms with E-state index in [4.69, 9.17) is 13.9 Å². The molecule has 0 spiro atoms. The second kappa shape index (κ2) is 8.89. The van der Waals surface area contributed by atoms with Gasteiger partial charge in [-0.05, 0) is 53.4 Å². The van der Waals surface area contributed by atoms with Crippen LogP contribution in [0.25, 0.3) is 22.1 Å². The SMILES string of the molecule is CC(=O)Oc1ccc(Cc2c(-c3ccc(OC(C)=O)cc3)c(=O)oc3ccccc23)cc1. The van der Waals surface area contributed by atoms with Crippen molar-refractivity contribution in [2.45, 2.75) is 20.3 Å². The van der Waals surface area contributed by atoms with Crippen molar-refractivity contribution in [1.29, 1.82) is 0 Å². The zero-order valence-corrected chi connectivity index (χ0v) is 17.6. The molecule has 0 saturated heterocycles. The van der Waals surface area contributed by atoms with Crippen LogP contribution in [0.5, 0.6) is 11.5 Å². The number of benzene rings is 3. The van der Waals surface area contributed by atoms with Crippen molar-refractivity contribution in [3.63, 3.8) is 0 Å². The van der Waals surface area contributed by atoms with E-state index in [0.717, 1.165) is 16.5 Å². The molecule has 4 aromatic rings. The Labute approximate surface area is 184 Å². The van der Waals surface area contributed by atoms with Gasteiger partial charge in [-0.1, -0.05) is 42.5 Å². The molecule has 1 heterocycles. The summed E-state index contributed by atoms with van der Waals surface area (Å²) in [5.74, 6) is 0.0544. The van der Waals surface area contributed by atoms with Crippen LogP contribution < -0.4 is 15.1 Å². The van der Waals surface area contributed by atoms with Crippen LogP contribution in [0.15, 0.2) is 82.0 Å². The van der Waals surface area contributed by atoms with E-state index >= 15 is 0 Å². The minimum Gasteiger partial charge on any atom is -0.427 e. The fourth-order valence-corrected chi connectivity index (χ4v) is 3.59. The summed E-state index contributed by atoms with van der Waals surface area (Å²) in [5.41, 5.74) is 2.92. The minimum atomic E-state index is -0.449. The maximum absolute atomic E-state index is 13.0. The molecule has 32 heavy (non-hydrogen) atoms. The number of para-hydroxylation sites is 1. The molecular weight excluding hydrogens is 408 g/mol. The molecule has 0 fully saturated rings. The zero-order valence-electron chi connectivity index (χ0n) is 17.6. The largest absolute Gasteiger partial charge is 0.427 e. The summed E-state index contributed by atoms with van der Waals surface area (Å²) < 4.78 is 15.8. The average molecular weight is 428 g/mol. The Kier molecular flexibility index (Phi) is 5.85. The van der Waals surface area contributed by atoms with Gasteiger partial charge in [0.15, 0.2) is 0 Å². The molecule has 0 N–H and O–H groups in total. The van der Waals surface area contributed by atoms with E-state index in [1.54, 1.807) is 42.5 Å². The number of esters is 2. The zero-order chi connectivity index (χ0) is 22.7. The summed E-state index contributed by atoms with van der Waals surface area (Å²) in [5, 5.41) is 0.829. The van der Waals surface area contributed by atoms with Crippen LogP contribution in [-0.4, -0.2) is 11.9 Å². The number of carbonyl (C=O) groups excluding carboxylic acids is 2. The summed E-state index contributed by atoms with van der Waals surface area (Å²) >= 11 is 0. The number of carbonyl (C=O) groups is 2. The number of hydrogen-bond acceptors (Lipinski definition) is 6. The molecule has 0 bridgehead atoms. The predicted octanol–water partition coefficient (Wildman–Crippen LogP) is 4.90. The quantitative estimate of drug-likeness (QED) is 0.255. The highest BCUT2D eigenvalue weighted by atomic mass is 16.5. The van der Waals surface area contributed by atoms with Crippen LogP contribution >= 0.6 is 0 Å². The maximum atomic E-state index is 13.0. The van der Waals surface area contributed by atoms with Crippen molar-refractivity contribution in [1.82, 2.24) is 0 Å². The molecular formula is C26H20O6. The molecule has 0 aliphatic rings. The van der Waals surface area contributed by atoms with Crippen molar-refractivity contribution in [2.75, 3.05) is 0 Å². The standard InChI is InChI=1S/C26H20O6/c1-16(27)30-20-11-7-18(8-12-20)15-23-22-5-3-4-6-24(22)32-26(29)25(23)19-9-13-21(14-10-19)31-17(2)28/h3-14H,15H2,1-2H3. The van der Waals surface area contributed by atoms with Crippen molar-refractivity contribution in [3.05, 3.63) is 94.3 Å². The lowest BCUT2D eigenvalue weighted by Crippen LogP contribution is -2.09. The molecule has 1 aromatic heterocycles. The van der Waals surface area contributed by atoms with Crippen LogP contribution in [0.2, 0.25) is 0 Å². The molecule has 6 heteroatoms. The summed E-state index contributed by atoms with van der Waals surface area (Å²) in [7, 11) is 0. The van der Waals surface area contributed by atoms with Crippen LogP contribution in [-0.2, 0) is 16.0 Å². The Hall–Kier alpha value is -4.19. The molecule has 0 radical (unpaired) electrons. The van der Waals surface area contributed by atoms with Gasteiger partial charge in [-0.2, -0.15) is 0 Å². The number of hydrogen-bond donors (Lipinski definition) is 0. The van der Waals surface area contributed by atoms with Gasteiger partial charge in [-0.25, -0.2) is 4.79 Å².